The SMILES string of the molecule is C[C@]12CC[C@H]3[C@@H](CCC4NC(=O)C=C[C@@]43C)[C@@H]1CC[C@@H]2C(=O)NC12CC3CC(CC(C3)C1)C2. The molecule has 0 radical (unpaired) electrons. The second-order valence-electron chi connectivity index (χ2n) is 14.1. The number of nitrogens with one attached hydrogen (secondary N) is 2. The Labute approximate surface area is 199 Å². The van der Waals surface area contributed by atoms with Gasteiger partial charge in [0.15, 0.2) is 0 Å². The predicted octanol–water partition coefficient (Wildman–Crippen LogP) is 4.98. The summed E-state index contributed by atoms with van der Waals surface area (Å²) in [5.41, 5.74) is 0.365. The lowest BCUT2D eigenvalue weighted by atomic mass is 9.48. The molecule has 0 spiro atoms. The molecule has 0 aromatic rings. The topological polar surface area (TPSA) is 58.2 Å². The first-order valence-electron chi connectivity index (χ1n) is 14.1. The summed E-state index contributed by atoms with van der Waals surface area (Å²) < 4.78 is 0. The monoisotopic (exact) mass is 450 g/mol. The zero-order chi connectivity index (χ0) is 22.6. The Balaban J connectivity index is 1.11. The van der Waals surface area contributed by atoms with Crippen LogP contribution in [0.3, 0.4) is 0 Å². The van der Waals surface area contributed by atoms with Crippen LogP contribution in [0.15, 0.2) is 12.2 Å². The second kappa shape index (κ2) is 6.88. The molecule has 7 fully saturated rings. The molecule has 2 amide bonds. The number of rotatable bonds is 2. The lowest BCUT2D eigenvalue weighted by Gasteiger charge is -2.59. The molecule has 8 rings (SSSR count). The molecule has 0 saturated heterocycles. The number of carbonyl (C=O) groups excluding carboxylic acids is 2. The lowest BCUT2D eigenvalue weighted by molar-refractivity contribution is -0.139. The Bertz CT molecular complexity index is 874. The lowest BCUT2D eigenvalue weighted by Crippen LogP contribution is -2.62. The van der Waals surface area contributed by atoms with Crippen molar-refractivity contribution < 1.29 is 9.59 Å². The van der Waals surface area contributed by atoms with E-state index >= 15 is 0 Å². The molecule has 0 aromatic heterocycles. The summed E-state index contributed by atoms with van der Waals surface area (Å²) in [7, 11) is 0. The van der Waals surface area contributed by atoms with Crippen LogP contribution in [-0.2, 0) is 9.59 Å². The Morgan fingerprint density at radius 3 is 2.33 bits per heavy atom. The fraction of sp³-hybridized carbons (Fsp3) is 0.862. The third-order valence-electron chi connectivity index (χ3n) is 12.4. The fourth-order valence-electron chi connectivity index (χ4n) is 11.4. The van der Waals surface area contributed by atoms with E-state index < -0.39 is 0 Å². The van der Waals surface area contributed by atoms with Crippen molar-refractivity contribution in [1.29, 1.82) is 0 Å². The normalized spacial score (nSPS) is 56.0. The van der Waals surface area contributed by atoms with Gasteiger partial charge in [-0.05, 0) is 124 Å². The smallest absolute Gasteiger partial charge is 0.243 e. The largest absolute Gasteiger partial charge is 0.350 e. The van der Waals surface area contributed by atoms with Gasteiger partial charge >= 0.3 is 0 Å². The molecule has 7 atom stereocenters. The van der Waals surface area contributed by atoms with Crippen LogP contribution in [0.5, 0.6) is 0 Å². The van der Waals surface area contributed by atoms with Gasteiger partial charge in [-0.1, -0.05) is 19.9 Å². The number of carbonyl (C=O) groups is 2. The summed E-state index contributed by atoms with van der Waals surface area (Å²) in [6.45, 7) is 4.86. The molecule has 7 saturated carbocycles. The molecule has 4 bridgehead atoms. The Hall–Kier alpha value is -1.32. The first-order chi connectivity index (χ1) is 15.8. The highest BCUT2D eigenvalue weighted by Crippen LogP contribution is 2.65. The molecular weight excluding hydrogens is 408 g/mol. The summed E-state index contributed by atoms with van der Waals surface area (Å²) in [4.78, 5) is 25.9. The van der Waals surface area contributed by atoms with E-state index in [0.717, 1.165) is 30.6 Å². The summed E-state index contributed by atoms with van der Waals surface area (Å²) in [6, 6.07) is 0.289. The van der Waals surface area contributed by atoms with Crippen molar-refractivity contribution in [2.45, 2.75) is 102 Å². The summed E-state index contributed by atoms with van der Waals surface area (Å²) in [6.07, 6.45) is 19.0. The average molecular weight is 451 g/mol. The zero-order valence-electron chi connectivity index (χ0n) is 20.6. The highest BCUT2D eigenvalue weighted by molar-refractivity contribution is 5.89. The molecule has 1 unspecified atom stereocenters. The van der Waals surface area contributed by atoms with Crippen molar-refractivity contribution in [3.05, 3.63) is 12.2 Å². The van der Waals surface area contributed by atoms with Crippen LogP contribution in [0.25, 0.3) is 0 Å². The Morgan fingerprint density at radius 1 is 0.939 bits per heavy atom. The van der Waals surface area contributed by atoms with Gasteiger partial charge in [-0.2, -0.15) is 0 Å². The molecule has 33 heavy (non-hydrogen) atoms. The third kappa shape index (κ3) is 2.94. The van der Waals surface area contributed by atoms with Gasteiger partial charge in [-0.3, -0.25) is 9.59 Å². The summed E-state index contributed by atoms with van der Waals surface area (Å²) in [5, 5.41) is 7.03. The van der Waals surface area contributed by atoms with Gasteiger partial charge in [-0.25, -0.2) is 0 Å². The molecule has 0 aromatic carbocycles. The van der Waals surface area contributed by atoms with Crippen molar-refractivity contribution in [1.82, 2.24) is 10.6 Å². The molecule has 8 aliphatic rings. The van der Waals surface area contributed by atoms with Crippen molar-refractivity contribution in [3.63, 3.8) is 0 Å². The summed E-state index contributed by atoms with van der Waals surface area (Å²) in [5.74, 6) is 5.30. The molecule has 180 valence electrons. The van der Waals surface area contributed by atoms with Crippen molar-refractivity contribution in [2.24, 2.45) is 52.3 Å². The summed E-state index contributed by atoms with van der Waals surface area (Å²) >= 11 is 0. The fourth-order valence-corrected chi connectivity index (χ4v) is 11.4. The van der Waals surface area contributed by atoms with Crippen LogP contribution in [0.2, 0.25) is 0 Å². The Morgan fingerprint density at radius 2 is 1.64 bits per heavy atom. The molecular formula is C29H42N2O2. The van der Waals surface area contributed by atoms with Gasteiger partial charge in [0.05, 0.1) is 0 Å². The van der Waals surface area contributed by atoms with E-state index in [1.165, 1.54) is 64.2 Å². The quantitative estimate of drug-likeness (QED) is 0.623. The van der Waals surface area contributed by atoms with Gasteiger partial charge in [0.2, 0.25) is 11.8 Å². The van der Waals surface area contributed by atoms with E-state index in [-0.39, 0.29) is 34.2 Å². The number of fused-ring (bicyclic) bond motifs is 5. The molecule has 4 heteroatoms. The van der Waals surface area contributed by atoms with Crippen molar-refractivity contribution in [2.75, 3.05) is 0 Å². The third-order valence-corrected chi connectivity index (χ3v) is 12.4. The zero-order valence-corrected chi connectivity index (χ0v) is 20.6. The molecule has 7 aliphatic carbocycles. The maximum Gasteiger partial charge on any atom is 0.243 e. The van der Waals surface area contributed by atoms with E-state index in [4.69, 9.17) is 0 Å². The maximum absolute atomic E-state index is 13.9. The highest BCUT2D eigenvalue weighted by Gasteiger charge is 2.61. The Kier molecular flexibility index (Phi) is 4.38. The average Bonchev–Trinajstić information content (AvgIpc) is 3.10. The number of hydrogen-bond acceptors (Lipinski definition) is 2. The van der Waals surface area contributed by atoms with E-state index in [2.05, 4.69) is 30.6 Å². The maximum atomic E-state index is 13.9. The standard InChI is InChI=1S/C29H42N2O2/c1-27-9-7-22-20(3-6-24-28(22,2)10-8-25(32)30-24)21(27)4-5-23(27)26(33)31-29-14-17-11-18(15-29)13-19(12-17)16-29/h8,10,17-24H,3-7,9,11-16H2,1-2H3,(H,30,32)(H,31,33)/t17?,18?,19?,20-,21-,22-,23+,24?,27-,28+,29?/m0/s1. The van der Waals surface area contributed by atoms with E-state index in [0.29, 0.717) is 23.7 Å². The number of hydrogen-bond donors (Lipinski definition) is 2. The van der Waals surface area contributed by atoms with Gasteiger partial charge in [0.1, 0.15) is 0 Å². The predicted molar refractivity (Wildman–Crippen MR) is 128 cm³/mol. The van der Waals surface area contributed by atoms with Crippen LogP contribution in [0.4, 0.5) is 0 Å². The van der Waals surface area contributed by atoms with Crippen LogP contribution < -0.4 is 10.6 Å². The van der Waals surface area contributed by atoms with Crippen molar-refractivity contribution >= 4 is 11.8 Å². The van der Waals surface area contributed by atoms with Crippen molar-refractivity contribution in [3.8, 4) is 0 Å². The van der Waals surface area contributed by atoms with Crippen LogP contribution in [0, 0.1) is 52.3 Å². The second-order valence-corrected chi connectivity index (χ2v) is 14.1. The molecule has 1 heterocycles. The number of amides is 2. The molecule has 2 N–H and O–H groups in total. The van der Waals surface area contributed by atoms with Gasteiger partial charge < -0.3 is 10.6 Å². The first kappa shape index (κ1) is 21.0. The molecule has 1 aliphatic heterocycles. The first-order valence-corrected chi connectivity index (χ1v) is 14.1. The minimum Gasteiger partial charge on any atom is -0.350 e. The van der Waals surface area contributed by atoms with E-state index in [9.17, 15) is 9.59 Å². The van der Waals surface area contributed by atoms with Gasteiger partial charge in [0.25, 0.3) is 0 Å². The van der Waals surface area contributed by atoms with Gasteiger partial charge in [-0.15, -0.1) is 0 Å². The van der Waals surface area contributed by atoms with Crippen LogP contribution in [0.1, 0.15) is 90.9 Å². The van der Waals surface area contributed by atoms with Crippen LogP contribution in [-0.4, -0.2) is 23.4 Å². The molecule has 4 nitrogen and oxygen atoms in total. The van der Waals surface area contributed by atoms with E-state index in [1.54, 1.807) is 6.08 Å². The van der Waals surface area contributed by atoms with E-state index in [1.807, 2.05) is 0 Å². The van der Waals surface area contributed by atoms with Gasteiger partial charge in [0, 0.05) is 22.9 Å². The van der Waals surface area contributed by atoms with Crippen LogP contribution >= 0.6 is 0 Å². The minimum absolute atomic E-state index is 0.0811. The highest BCUT2D eigenvalue weighted by atomic mass is 16.2. The minimum atomic E-state index is 0.0811.